The number of hydrogen-bond donors (Lipinski definition) is 2. The number of benzene rings is 2. The summed E-state index contributed by atoms with van der Waals surface area (Å²) in [6.45, 7) is 3.76. The predicted molar refractivity (Wildman–Crippen MR) is 137 cm³/mol. The largest absolute Gasteiger partial charge is 0.495 e. The number of amides is 2. The molecule has 0 fully saturated rings. The Morgan fingerprint density at radius 2 is 1.76 bits per heavy atom. The monoisotopic (exact) mass is 523 g/mol. The summed E-state index contributed by atoms with van der Waals surface area (Å²) in [7, 11) is 1.30. The van der Waals surface area contributed by atoms with Crippen molar-refractivity contribution in [2.75, 3.05) is 17.7 Å². The Morgan fingerprint density at radius 3 is 2.47 bits per heavy atom. The molecule has 2 amide bonds. The second-order valence-electron chi connectivity index (χ2n) is 8.14. The average molecular weight is 524 g/mol. The molecule has 0 saturated heterocycles. The zero-order valence-electron chi connectivity index (χ0n) is 20.8. The number of urea groups is 1. The van der Waals surface area contributed by atoms with Gasteiger partial charge in [-0.15, -0.1) is 0 Å². The van der Waals surface area contributed by atoms with Crippen LogP contribution in [0.5, 0.6) is 17.4 Å². The molecule has 0 unspecified atom stereocenters. The molecule has 0 radical (unpaired) electrons. The van der Waals surface area contributed by atoms with Gasteiger partial charge in [0.05, 0.1) is 29.6 Å². The number of nitrogens with zero attached hydrogens (tertiary/aromatic N) is 3. The van der Waals surface area contributed by atoms with E-state index in [1.54, 1.807) is 49.6 Å². The number of carbonyl (C=O) groups is 1. The van der Waals surface area contributed by atoms with E-state index in [0.717, 1.165) is 18.2 Å². The predicted octanol–water partition coefficient (Wildman–Crippen LogP) is 6.87. The van der Waals surface area contributed by atoms with Crippen molar-refractivity contribution in [2.45, 2.75) is 26.4 Å². The zero-order valence-corrected chi connectivity index (χ0v) is 20.8. The van der Waals surface area contributed by atoms with Crippen LogP contribution < -0.4 is 20.1 Å². The summed E-state index contributed by atoms with van der Waals surface area (Å²) in [5.41, 5.74) is 1.44. The number of ether oxygens (including phenoxy) is 2. The summed E-state index contributed by atoms with van der Waals surface area (Å²) >= 11 is 0. The molecule has 2 N–H and O–H groups in total. The first kappa shape index (κ1) is 26.4. The number of pyridine rings is 1. The number of rotatable bonds is 7. The Bertz CT molecular complexity index is 1460. The summed E-state index contributed by atoms with van der Waals surface area (Å²) in [6, 6.07) is 12.4. The normalized spacial score (nSPS) is 11.1. The van der Waals surface area contributed by atoms with E-state index in [9.17, 15) is 18.0 Å². The van der Waals surface area contributed by atoms with Gasteiger partial charge < -0.3 is 20.1 Å². The second-order valence-corrected chi connectivity index (χ2v) is 8.14. The number of nitrogens with one attached hydrogen (secondary N) is 2. The van der Waals surface area contributed by atoms with Gasteiger partial charge >= 0.3 is 12.2 Å². The zero-order chi connectivity index (χ0) is 27.3. The molecule has 196 valence electrons. The highest BCUT2D eigenvalue weighted by atomic mass is 19.4. The van der Waals surface area contributed by atoms with E-state index in [0.29, 0.717) is 46.4 Å². The fourth-order valence-electron chi connectivity index (χ4n) is 3.60. The topological polar surface area (TPSA) is 98.3 Å². The van der Waals surface area contributed by atoms with Crippen molar-refractivity contribution in [3.63, 3.8) is 0 Å². The van der Waals surface area contributed by atoms with Crippen molar-refractivity contribution in [3.8, 4) is 28.6 Å². The highest BCUT2D eigenvalue weighted by molar-refractivity contribution is 6.00. The van der Waals surface area contributed by atoms with Crippen molar-refractivity contribution in [1.29, 1.82) is 0 Å². The van der Waals surface area contributed by atoms with Gasteiger partial charge in [0.2, 0.25) is 5.88 Å². The summed E-state index contributed by atoms with van der Waals surface area (Å²) < 4.78 is 50.4. The van der Waals surface area contributed by atoms with E-state index >= 15 is 0 Å². The molecule has 11 heteroatoms. The van der Waals surface area contributed by atoms with Crippen LogP contribution in [0.15, 0.2) is 67.0 Å². The lowest BCUT2D eigenvalue weighted by Gasteiger charge is -2.15. The molecule has 2 aromatic heterocycles. The highest BCUT2D eigenvalue weighted by Crippen LogP contribution is 2.35. The SMILES string of the molecule is CCc1nccc(-c2cccnc2Oc2ccc(NC(=O)Nc3cc(C(F)(F)F)ccc3OC)cc2C)n1. The van der Waals surface area contributed by atoms with Crippen LogP contribution in [-0.2, 0) is 12.6 Å². The number of aryl methyl sites for hydroxylation is 2. The molecule has 8 nitrogen and oxygen atoms in total. The van der Waals surface area contributed by atoms with Crippen LogP contribution in [0, 0.1) is 6.92 Å². The lowest BCUT2D eigenvalue weighted by molar-refractivity contribution is -0.137. The number of aromatic nitrogens is 3. The number of halogens is 3. The van der Waals surface area contributed by atoms with Crippen molar-refractivity contribution >= 4 is 17.4 Å². The highest BCUT2D eigenvalue weighted by Gasteiger charge is 2.31. The number of methoxy groups -OCH3 is 1. The number of anilines is 2. The van der Waals surface area contributed by atoms with Gasteiger partial charge in [-0.25, -0.2) is 19.7 Å². The lowest BCUT2D eigenvalue weighted by Crippen LogP contribution is -2.20. The summed E-state index contributed by atoms with van der Waals surface area (Å²) in [6.07, 6.45) is -0.584. The van der Waals surface area contributed by atoms with Gasteiger partial charge in [0.25, 0.3) is 0 Å². The maximum atomic E-state index is 13.1. The van der Waals surface area contributed by atoms with Crippen LogP contribution in [0.3, 0.4) is 0 Å². The fourth-order valence-corrected chi connectivity index (χ4v) is 3.60. The van der Waals surface area contributed by atoms with Crippen molar-refractivity contribution < 1.29 is 27.4 Å². The summed E-state index contributed by atoms with van der Waals surface area (Å²) in [5, 5.41) is 5.01. The lowest BCUT2D eigenvalue weighted by atomic mass is 10.1. The van der Waals surface area contributed by atoms with Gasteiger partial charge in [-0.05, 0) is 67.1 Å². The maximum Gasteiger partial charge on any atom is 0.416 e. The minimum absolute atomic E-state index is 0.0917. The van der Waals surface area contributed by atoms with E-state index < -0.39 is 17.8 Å². The van der Waals surface area contributed by atoms with E-state index in [1.165, 1.54) is 7.11 Å². The Labute approximate surface area is 216 Å². The Morgan fingerprint density at radius 1 is 0.974 bits per heavy atom. The molecule has 2 heterocycles. The second kappa shape index (κ2) is 11.2. The summed E-state index contributed by atoms with van der Waals surface area (Å²) in [5.74, 6) is 1.64. The average Bonchev–Trinajstić information content (AvgIpc) is 2.90. The molecule has 0 atom stereocenters. The Kier molecular flexibility index (Phi) is 7.75. The third-order valence-electron chi connectivity index (χ3n) is 5.48. The maximum absolute atomic E-state index is 13.1. The van der Waals surface area contributed by atoms with Crippen LogP contribution in [-0.4, -0.2) is 28.1 Å². The first-order chi connectivity index (χ1) is 18.2. The molecular weight excluding hydrogens is 499 g/mol. The standard InChI is InChI=1S/C27H24F3N5O3/c1-4-24-31-13-11-20(34-24)19-6-5-12-32-25(19)38-22-10-8-18(14-16(22)2)33-26(36)35-21-15-17(27(28,29)30)7-9-23(21)37-3/h5-15H,4H2,1-3H3,(H2,33,35,36). The quantitative estimate of drug-likeness (QED) is 0.274. The fraction of sp³-hybridized carbons (Fsp3) is 0.185. The van der Waals surface area contributed by atoms with E-state index in [2.05, 4.69) is 25.6 Å². The van der Waals surface area contributed by atoms with Gasteiger partial charge in [0.15, 0.2) is 0 Å². The molecule has 0 aliphatic rings. The van der Waals surface area contributed by atoms with E-state index in [1.807, 2.05) is 13.0 Å². The van der Waals surface area contributed by atoms with Crippen molar-refractivity contribution in [3.05, 3.63) is 83.9 Å². The van der Waals surface area contributed by atoms with E-state index in [-0.39, 0.29) is 11.4 Å². The molecule has 0 aliphatic carbocycles. The molecule has 0 spiro atoms. The Hall–Kier alpha value is -4.67. The van der Waals surface area contributed by atoms with Crippen LogP contribution in [0.25, 0.3) is 11.3 Å². The van der Waals surface area contributed by atoms with Gasteiger partial charge in [0.1, 0.15) is 17.3 Å². The minimum atomic E-state index is -4.56. The molecule has 38 heavy (non-hydrogen) atoms. The van der Waals surface area contributed by atoms with Crippen molar-refractivity contribution in [1.82, 2.24) is 15.0 Å². The third-order valence-corrected chi connectivity index (χ3v) is 5.48. The molecule has 0 saturated carbocycles. The van der Waals surface area contributed by atoms with E-state index in [4.69, 9.17) is 9.47 Å². The third kappa shape index (κ3) is 6.17. The molecule has 2 aromatic carbocycles. The molecular formula is C27H24F3N5O3. The summed E-state index contributed by atoms with van der Waals surface area (Å²) in [4.78, 5) is 25.7. The van der Waals surface area contributed by atoms with Gasteiger partial charge in [0, 0.05) is 24.5 Å². The van der Waals surface area contributed by atoms with Crippen LogP contribution in [0.2, 0.25) is 0 Å². The molecule has 4 rings (SSSR count). The van der Waals surface area contributed by atoms with Gasteiger partial charge in [-0.3, -0.25) is 0 Å². The van der Waals surface area contributed by atoms with Crippen molar-refractivity contribution in [2.24, 2.45) is 0 Å². The van der Waals surface area contributed by atoms with Gasteiger partial charge in [-0.1, -0.05) is 6.92 Å². The van der Waals surface area contributed by atoms with Crippen LogP contribution in [0.1, 0.15) is 23.9 Å². The Balaban J connectivity index is 1.50. The minimum Gasteiger partial charge on any atom is -0.495 e. The van der Waals surface area contributed by atoms with Crippen LogP contribution in [0.4, 0.5) is 29.3 Å². The number of alkyl halides is 3. The number of hydrogen-bond acceptors (Lipinski definition) is 6. The first-order valence-corrected chi connectivity index (χ1v) is 11.6. The molecule has 0 bridgehead atoms. The molecule has 4 aromatic rings. The smallest absolute Gasteiger partial charge is 0.416 e. The van der Waals surface area contributed by atoms with Gasteiger partial charge in [-0.2, -0.15) is 13.2 Å². The first-order valence-electron chi connectivity index (χ1n) is 11.6. The molecule has 0 aliphatic heterocycles. The number of carbonyl (C=O) groups excluding carboxylic acids is 1. The van der Waals surface area contributed by atoms with Crippen LogP contribution >= 0.6 is 0 Å².